The van der Waals surface area contributed by atoms with Crippen LogP contribution in [0.3, 0.4) is 0 Å². The Morgan fingerprint density at radius 1 is 0.900 bits per heavy atom. The molecule has 1 N–H and O–H groups in total. The molecule has 0 radical (unpaired) electrons. The van der Waals surface area contributed by atoms with E-state index in [0.717, 1.165) is 0 Å². The zero-order valence-corrected chi connectivity index (χ0v) is 16.6. The summed E-state index contributed by atoms with van der Waals surface area (Å²) in [6, 6.07) is 15.8. The molecule has 2 aromatic rings. The molecule has 2 aromatic carbocycles. The van der Waals surface area contributed by atoms with Crippen LogP contribution in [0.1, 0.15) is 34.1 Å². The van der Waals surface area contributed by atoms with Gasteiger partial charge in [-0.1, -0.05) is 36.4 Å². The maximum Gasteiger partial charge on any atom is 0.338 e. The number of benzene rings is 2. The van der Waals surface area contributed by atoms with E-state index in [1.807, 2.05) is 0 Å². The predicted octanol–water partition coefficient (Wildman–Crippen LogP) is 2.97. The van der Waals surface area contributed by atoms with Gasteiger partial charge in [-0.2, -0.15) is 0 Å². The highest BCUT2D eigenvalue weighted by atomic mass is 19.1. The molecular weight excluding hydrogens is 389 g/mol. The van der Waals surface area contributed by atoms with Gasteiger partial charge in [-0.25, -0.2) is 14.0 Å². The summed E-state index contributed by atoms with van der Waals surface area (Å²) in [5.74, 6) is -1.82. The molecule has 1 fully saturated rings. The Kier molecular flexibility index (Phi) is 7.30. The Morgan fingerprint density at radius 2 is 1.40 bits per heavy atom. The molecule has 7 heteroatoms. The van der Waals surface area contributed by atoms with Crippen LogP contribution in [-0.4, -0.2) is 49.2 Å². The van der Waals surface area contributed by atoms with E-state index >= 15 is 0 Å². The molecule has 1 aliphatic rings. The summed E-state index contributed by atoms with van der Waals surface area (Å²) < 4.78 is 25.1. The van der Waals surface area contributed by atoms with Crippen LogP contribution in [0, 0.1) is 5.92 Å². The van der Waals surface area contributed by atoms with Crippen molar-refractivity contribution in [3.05, 3.63) is 71.8 Å². The first-order valence-corrected chi connectivity index (χ1v) is 9.80. The summed E-state index contributed by atoms with van der Waals surface area (Å²) in [5, 5.41) is 2.98. The number of esters is 2. The first-order chi connectivity index (χ1) is 14.5. The average Bonchev–Trinajstić information content (AvgIpc) is 2.76. The molecule has 1 aliphatic heterocycles. The lowest BCUT2D eigenvalue weighted by atomic mass is 9.85. The van der Waals surface area contributed by atoms with Crippen LogP contribution >= 0.6 is 0 Å². The Hall–Kier alpha value is -3.06. The zero-order chi connectivity index (χ0) is 21.5. The number of Topliss-reactive ketones (excluding diaryl/α,β-unsaturated/α-hetero) is 1. The molecule has 0 spiro atoms. The quantitative estimate of drug-likeness (QED) is 0.703. The fourth-order valence-corrected chi connectivity index (χ4v) is 3.58. The maximum atomic E-state index is 13.7. The molecule has 0 aliphatic carbocycles. The molecule has 158 valence electrons. The lowest BCUT2D eigenvalue weighted by molar-refractivity contribution is -0.122. The van der Waals surface area contributed by atoms with Gasteiger partial charge in [0.05, 0.1) is 17.2 Å². The molecule has 0 amide bonds. The third kappa shape index (κ3) is 5.30. The molecule has 0 bridgehead atoms. The SMILES string of the molecule is CC(=O)C[C@H]1CN[C@H](CF)[C@@H](OC(=O)c2ccccc2)[C@@H]1OC(=O)c1ccccc1. The van der Waals surface area contributed by atoms with Crippen LogP contribution in [-0.2, 0) is 14.3 Å². The summed E-state index contributed by atoms with van der Waals surface area (Å²) in [4.78, 5) is 37.1. The van der Waals surface area contributed by atoms with Crippen molar-refractivity contribution in [2.75, 3.05) is 13.2 Å². The highest BCUT2D eigenvalue weighted by molar-refractivity contribution is 5.90. The van der Waals surface area contributed by atoms with E-state index < -0.39 is 42.8 Å². The van der Waals surface area contributed by atoms with Gasteiger partial charge in [0, 0.05) is 18.9 Å². The van der Waals surface area contributed by atoms with Gasteiger partial charge in [-0.15, -0.1) is 0 Å². The van der Waals surface area contributed by atoms with Crippen molar-refractivity contribution in [2.45, 2.75) is 31.6 Å². The number of carbonyl (C=O) groups is 3. The first kappa shape index (κ1) is 21.6. The highest BCUT2D eigenvalue weighted by Gasteiger charge is 2.45. The van der Waals surface area contributed by atoms with Crippen LogP contribution in [0.25, 0.3) is 0 Å². The number of hydrogen-bond acceptors (Lipinski definition) is 6. The Balaban J connectivity index is 1.87. The molecular formula is C23H24FNO5. The molecule has 3 rings (SSSR count). The van der Waals surface area contributed by atoms with Crippen LogP contribution in [0.15, 0.2) is 60.7 Å². The van der Waals surface area contributed by atoms with E-state index in [2.05, 4.69) is 5.32 Å². The van der Waals surface area contributed by atoms with Gasteiger partial charge in [0.25, 0.3) is 0 Å². The monoisotopic (exact) mass is 413 g/mol. The number of hydrogen-bond donors (Lipinski definition) is 1. The van der Waals surface area contributed by atoms with E-state index in [0.29, 0.717) is 11.1 Å². The Morgan fingerprint density at radius 3 is 1.87 bits per heavy atom. The van der Waals surface area contributed by atoms with E-state index in [9.17, 15) is 18.8 Å². The number of ether oxygens (including phenoxy) is 2. The van der Waals surface area contributed by atoms with Crippen molar-refractivity contribution in [1.82, 2.24) is 5.32 Å². The first-order valence-electron chi connectivity index (χ1n) is 9.80. The van der Waals surface area contributed by atoms with E-state index in [-0.39, 0.29) is 18.7 Å². The normalized spacial score (nSPS) is 23.4. The summed E-state index contributed by atoms with van der Waals surface area (Å²) in [6.45, 7) is 0.876. The molecule has 1 saturated heterocycles. The highest BCUT2D eigenvalue weighted by Crippen LogP contribution is 2.27. The summed E-state index contributed by atoms with van der Waals surface area (Å²) in [6.07, 6.45) is -1.93. The number of nitrogens with one attached hydrogen (secondary N) is 1. The topological polar surface area (TPSA) is 81.7 Å². The van der Waals surface area contributed by atoms with Crippen molar-refractivity contribution in [3.63, 3.8) is 0 Å². The van der Waals surface area contributed by atoms with Gasteiger partial charge in [-0.3, -0.25) is 0 Å². The predicted molar refractivity (Wildman–Crippen MR) is 108 cm³/mol. The van der Waals surface area contributed by atoms with Crippen LogP contribution in [0.5, 0.6) is 0 Å². The average molecular weight is 413 g/mol. The molecule has 0 unspecified atom stereocenters. The smallest absolute Gasteiger partial charge is 0.338 e. The van der Waals surface area contributed by atoms with Crippen molar-refractivity contribution in [3.8, 4) is 0 Å². The lowest BCUT2D eigenvalue weighted by Gasteiger charge is -2.41. The minimum absolute atomic E-state index is 0.102. The fraction of sp³-hybridized carbons (Fsp3) is 0.348. The second-order valence-electron chi connectivity index (χ2n) is 7.31. The van der Waals surface area contributed by atoms with Crippen molar-refractivity contribution in [1.29, 1.82) is 0 Å². The number of ketones is 1. The molecule has 0 aromatic heterocycles. The fourth-order valence-electron chi connectivity index (χ4n) is 3.58. The van der Waals surface area contributed by atoms with Gasteiger partial charge in [0.15, 0.2) is 6.10 Å². The summed E-state index contributed by atoms with van der Waals surface area (Å²) in [5.41, 5.74) is 0.625. The molecule has 4 atom stereocenters. The van der Waals surface area contributed by atoms with Crippen LogP contribution < -0.4 is 5.32 Å². The van der Waals surface area contributed by atoms with Gasteiger partial charge in [0.2, 0.25) is 0 Å². The van der Waals surface area contributed by atoms with Crippen LogP contribution in [0.4, 0.5) is 4.39 Å². The van der Waals surface area contributed by atoms with E-state index in [4.69, 9.17) is 9.47 Å². The Labute approximate surface area is 174 Å². The number of carbonyl (C=O) groups excluding carboxylic acids is 3. The molecule has 30 heavy (non-hydrogen) atoms. The van der Waals surface area contributed by atoms with Crippen molar-refractivity contribution < 1.29 is 28.2 Å². The molecule has 0 saturated carbocycles. The third-order valence-corrected chi connectivity index (χ3v) is 5.05. The number of alkyl halides is 1. The van der Waals surface area contributed by atoms with Gasteiger partial charge < -0.3 is 19.6 Å². The summed E-state index contributed by atoms with van der Waals surface area (Å²) >= 11 is 0. The second-order valence-corrected chi connectivity index (χ2v) is 7.31. The molecule has 1 heterocycles. The largest absolute Gasteiger partial charge is 0.454 e. The minimum atomic E-state index is -1.08. The van der Waals surface area contributed by atoms with Gasteiger partial charge in [0.1, 0.15) is 18.6 Å². The van der Waals surface area contributed by atoms with Crippen LogP contribution in [0.2, 0.25) is 0 Å². The number of rotatable bonds is 7. The molecule has 6 nitrogen and oxygen atoms in total. The second kappa shape index (κ2) is 10.1. The standard InChI is InChI=1S/C23H24FNO5/c1-15(26)12-18-14-25-19(13-24)21(30-23(28)17-10-6-3-7-11-17)20(18)29-22(27)16-8-4-2-5-9-16/h2-11,18-21,25H,12-14H2,1H3/t18-,19+,20+,21+/m0/s1. The van der Waals surface area contributed by atoms with E-state index in [1.54, 1.807) is 60.7 Å². The summed E-state index contributed by atoms with van der Waals surface area (Å²) in [7, 11) is 0. The van der Waals surface area contributed by atoms with E-state index in [1.165, 1.54) is 6.92 Å². The van der Waals surface area contributed by atoms with Crippen molar-refractivity contribution in [2.24, 2.45) is 5.92 Å². The van der Waals surface area contributed by atoms with Gasteiger partial charge >= 0.3 is 11.9 Å². The number of halogens is 1. The Bertz CT molecular complexity index is 874. The van der Waals surface area contributed by atoms with Crippen molar-refractivity contribution >= 4 is 17.7 Å². The minimum Gasteiger partial charge on any atom is -0.454 e. The maximum absolute atomic E-state index is 13.7. The lowest BCUT2D eigenvalue weighted by Crippen LogP contribution is -2.61. The third-order valence-electron chi connectivity index (χ3n) is 5.05. The number of piperidine rings is 1. The zero-order valence-electron chi connectivity index (χ0n) is 16.6. The van der Waals surface area contributed by atoms with Gasteiger partial charge in [-0.05, 0) is 31.2 Å².